The zero-order valence-corrected chi connectivity index (χ0v) is 14.0. The van der Waals surface area contributed by atoms with Crippen LogP contribution < -0.4 is 10.2 Å². The lowest BCUT2D eigenvalue weighted by atomic mass is 9.90. The van der Waals surface area contributed by atoms with Gasteiger partial charge < -0.3 is 20.1 Å². The molecule has 0 unspecified atom stereocenters. The van der Waals surface area contributed by atoms with E-state index in [9.17, 15) is 18.0 Å². The fourth-order valence-electron chi connectivity index (χ4n) is 2.56. The Balaban J connectivity index is 0.000000298. The summed E-state index contributed by atoms with van der Waals surface area (Å²) in [5.41, 5.74) is 0.880. The molecule has 11 heteroatoms. The van der Waals surface area contributed by atoms with E-state index in [-0.39, 0.29) is 18.1 Å². The number of ether oxygens (including phenoxy) is 1. The number of aromatic nitrogens is 2. The molecular weight excluding hydrogens is 357 g/mol. The molecular formula is C15H19F3N4O4. The van der Waals surface area contributed by atoms with Crippen LogP contribution >= 0.6 is 0 Å². The average molecular weight is 376 g/mol. The molecule has 1 aromatic rings. The smallest absolute Gasteiger partial charge is 0.475 e. The van der Waals surface area contributed by atoms with Gasteiger partial charge in [0, 0.05) is 32.0 Å². The molecule has 0 atom stereocenters. The quantitative estimate of drug-likeness (QED) is 0.750. The summed E-state index contributed by atoms with van der Waals surface area (Å²) in [7, 11) is 0. The number of halogens is 3. The number of anilines is 1. The summed E-state index contributed by atoms with van der Waals surface area (Å²) in [6, 6.07) is 0. The predicted octanol–water partition coefficient (Wildman–Crippen LogP) is 0.904. The molecule has 0 aromatic carbocycles. The van der Waals surface area contributed by atoms with Gasteiger partial charge in [-0.15, -0.1) is 0 Å². The van der Waals surface area contributed by atoms with Crippen molar-refractivity contribution in [3.8, 4) is 0 Å². The summed E-state index contributed by atoms with van der Waals surface area (Å²) in [6.07, 6.45) is 0.378. The number of carboxylic acid groups (broad SMARTS) is 1. The second-order valence-electron chi connectivity index (χ2n) is 6.10. The van der Waals surface area contributed by atoms with Crippen molar-refractivity contribution in [2.45, 2.75) is 31.5 Å². The Labute approximate surface area is 147 Å². The van der Waals surface area contributed by atoms with E-state index in [1.165, 1.54) is 0 Å². The molecule has 0 bridgehead atoms. The number of aliphatic carboxylic acids is 1. The number of aryl methyl sites for hydroxylation is 1. The standard InChI is InChI=1S/C13H18N4O2.C2HF3O2/c1-10-6-14-12(15-7-10)17-4-2-13(3-5-17)9-16-11(18)8-19-13;3-2(4,5)1(6)7/h6-7H,2-5,8-9H2,1H3,(H,16,18);(H,6,7). The van der Waals surface area contributed by atoms with Crippen LogP contribution in [0.25, 0.3) is 0 Å². The van der Waals surface area contributed by atoms with Crippen LogP contribution in [0.5, 0.6) is 0 Å². The van der Waals surface area contributed by atoms with E-state index in [0.29, 0.717) is 6.54 Å². The third kappa shape index (κ3) is 5.28. The fourth-order valence-corrected chi connectivity index (χ4v) is 2.56. The molecule has 1 aromatic heterocycles. The molecule has 2 aliphatic heterocycles. The highest BCUT2D eigenvalue weighted by molar-refractivity contribution is 5.78. The largest absolute Gasteiger partial charge is 0.490 e. The minimum absolute atomic E-state index is 0.0186. The lowest BCUT2D eigenvalue weighted by Gasteiger charge is -2.43. The number of amides is 1. The van der Waals surface area contributed by atoms with E-state index in [1.54, 1.807) is 0 Å². The average Bonchev–Trinajstić information content (AvgIpc) is 2.59. The first kappa shape index (κ1) is 19.9. The van der Waals surface area contributed by atoms with Gasteiger partial charge in [-0.05, 0) is 25.3 Å². The van der Waals surface area contributed by atoms with Gasteiger partial charge in [0.15, 0.2) is 0 Å². The Morgan fingerprint density at radius 2 is 1.85 bits per heavy atom. The SMILES string of the molecule is Cc1cnc(N2CCC3(CC2)CNC(=O)CO3)nc1.O=C(O)C(F)(F)F. The maximum absolute atomic E-state index is 11.1. The highest BCUT2D eigenvalue weighted by Crippen LogP contribution is 2.28. The Hall–Kier alpha value is -2.43. The van der Waals surface area contributed by atoms with Crippen molar-refractivity contribution in [1.29, 1.82) is 0 Å². The van der Waals surface area contributed by atoms with Gasteiger partial charge >= 0.3 is 12.1 Å². The van der Waals surface area contributed by atoms with Crippen LogP contribution in [-0.2, 0) is 14.3 Å². The van der Waals surface area contributed by atoms with Crippen molar-refractivity contribution in [1.82, 2.24) is 15.3 Å². The fraction of sp³-hybridized carbons (Fsp3) is 0.600. The molecule has 26 heavy (non-hydrogen) atoms. The third-order valence-corrected chi connectivity index (χ3v) is 4.08. The van der Waals surface area contributed by atoms with E-state index < -0.39 is 12.1 Å². The van der Waals surface area contributed by atoms with Gasteiger partial charge in [-0.2, -0.15) is 13.2 Å². The van der Waals surface area contributed by atoms with Crippen LogP contribution in [0.3, 0.4) is 0 Å². The molecule has 8 nitrogen and oxygen atoms in total. The highest BCUT2D eigenvalue weighted by atomic mass is 19.4. The molecule has 0 radical (unpaired) electrons. The highest BCUT2D eigenvalue weighted by Gasteiger charge is 2.39. The van der Waals surface area contributed by atoms with Crippen molar-refractivity contribution in [3.63, 3.8) is 0 Å². The summed E-state index contributed by atoms with van der Waals surface area (Å²) in [5.74, 6) is -2.00. The van der Waals surface area contributed by atoms with E-state index in [0.717, 1.165) is 37.4 Å². The number of alkyl halides is 3. The predicted molar refractivity (Wildman–Crippen MR) is 83.6 cm³/mol. The van der Waals surface area contributed by atoms with Crippen LogP contribution in [0.4, 0.5) is 19.1 Å². The molecule has 1 amide bonds. The zero-order valence-electron chi connectivity index (χ0n) is 14.0. The summed E-state index contributed by atoms with van der Waals surface area (Å²) in [4.78, 5) is 30.9. The number of carboxylic acids is 1. The molecule has 2 aliphatic rings. The number of rotatable bonds is 1. The van der Waals surface area contributed by atoms with Gasteiger partial charge in [-0.25, -0.2) is 14.8 Å². The molecule has 3 heterocycles. The zero-order chi connectivity index (χ0) is 19.4. The van der Waals surface area contributed by atoms with E-state index in [4.69, 9.17) is 14.6 Å². The Kier molecular flexibility index (Phi) is 6.01. The third-order valence-electron chi connectivity index (χ3n) is 4.08. The van der Waals surface area contributed by atoms with Gasteiger partial charge in [-0.3, -0.25) is 4.79 Å². The number of piperidine rings is 1. The van der Waals surface area contributed by atoms with Crippen molar-refractivity contribution in [3.05, 3.63) is 18.0 Å². The molecule has 0 aliphatic carbocycles. The summed E-state index contributed by atoms with van der Waals surface area (Å²) < 4.78 is 37.5. The normalized spacial score (nSPS) is 19.4. The van der Waals surface area contributed by atoms with Crippen molar-refractivity contribution >= 4 is 17.8 Å². The Morgan fingerprint density at radius 3 is 2.27 bits per heavy atom. The Morgan fingerprint density at radius 1 is 1.31 bits per heavy atom. The van der Waals surface area contributed by atoms with Gasteiger partial charge in [0.2, 0.25) is 11.9 Å². The second kappa shape index (κ2) is 7.85. The van der Waals surface area contributed by atoms with Crippen LogP contribution in [0, 0.1) is 6.92 Å². The van der Waals surface area contributed by atoms with E-state index in [1.807, 2.05) is 19.3 Å². The maximum Gasteiger partial charge on any atom is 0.490 e. The molecule has 144 valence electrons. The first-order valence-corrected chi connectivity index (χ1v) is 7.86. The van der Waals surface area contributed by atoms with Crippen molar-refractivity contribution in [2.24, 2.45) is 0 Å². The van der Waals surface area contributed by atoms with Gasteiger partial charge in [-0.1, -0.05) is 0 Å². The summed E-state index contributed by atoms with van der Waals surface area (Å²) >= 11 is 0. The number of carbonyl (C=O) groups is 2. The number of nitrogens with one attached hydrogen (secondary N) is 1. The van der Waals surface area contributed by atoms with E-state index in [2.05, 4.69) is 20.2 Å². The van der Waals surface area contributed by atoms with E-state index >= 15 is 0 Å². The van der Waals surface area contributed by atoms with Gasteiger partial charge in [0.25, 0.3) is 0 Å². The van der Waals surface area contributed by atoms with Crippen molar-refractivity contribution < 1.29 is 32.6 Å². The van der Waals surface area contributed by atoms with Crippen LogP contribution in [0.2, 0.25) is 0 Å². The monoisotopic (exact) mass is 376 g/mol. The minimum atomic E-state index is -5.08. The van der Waals surface area contributed by atoms with Gasteiger partial charge in [0.1, 0.15) is 6.61 Å². The number of hydrogen-bond acceptors (Lipinski definition) is 6. The summed E-state index contributed by atoms with van der Waals surface area (Å²) in [6.45, 7) is 4.50. The lowest BCUT2D eigenvalue weighted by Crippen LogP contribution is -2.57. The maximum atomic E-state index is 11.1. The minimum Gasteiger partial charge on any atom is -0.475 e. The molecule has 3 rings (SSSR count). The first-order valence-electron chi connectivity index (χ1n) is 7.86. The van der Waals surface area contributed by atoms with Crippen molar-refractivity contribution in [2.75, 3.05) is 31.1 Å². The number of nitrogens with zero attached hydrogens (tertiary/aromatic N) is 3. The number of carbonyl (C=O) groups excluding carboxylic acids is 1. The summed E-state index contributed by atoms with van der Waals surface area (Å²) in [5, 5.41) is 10.0. The topological polar surface area (TPSA) is 105 Å². The van der Waals surface area contributed by atoms with Crippen LogP contribution in [0.15, 0.2) is 12.4 Å². The number of hydrogen-bond donors (Lipinski definition) is 2. The molecule has 1 spiro atoms. The molecule has 2 N–H and O–H groups in total. The molecule has 2 fully saturated rings. The molecule has 2 saturated heterocycles. The Bertz CT molecular complexity index is 631. The lowest BCUT2D eigenvalue weighted by molar-refractivity contribution is -0.192. The van der Waals surface area contributed by atoms with Gasteiger partial charge in [0.05, 0.1) is 5.60 Å². The molecule has 0 saturated carbocycles. The first-order chi connectivity index (χ1) is 12.1. The van der Waals surface area contributed by atoms with Crippen LogP contribution in [0.1, 0.15) is 18.4 Å². The second-order valence-corrected chi connectivity index (χ2v) is 6.10. The van der Waals surface area contributed by atoms with Crippen LogP contribution in [-0.4, -0.2) is 65.0 Å². The number of morpholine rings is 1.